The van der Waals surface area contributed by atoms with E-state index in [0.29, 0.717) is 18.2 Å². The number of terminal acetylenes is 1. The summed E-state index contributed by atoms with van der Waals surface area (Å²) in [5, 5.41) is 25.1. The van der Waals surface area contributed by atoms with Crippen LogP contribution in [-0.4, -0.2) is 83.4 Å². The Morgan fingerprint density at radius 2 is 1.52 bits per heavy atom. The molecule has 2 rings (SSSR count). The Bertz CT molecular complexity index is 678. The SMILES string of the molecule is C#CN(CC)CCn1nnnc1SSc1nnnn1CCN(C)CC. The minimum Gasteiger partial charge on any atom is -0.331 e. The molecule has 0 aliphatic rings. The van der Waals surface area contributed by atoms with E-state index in [1.54, 1.807) is 9.36 Å². The molecule has 2 heterocycles. The number of tetrazole rings is 2. The molecule has 0 amide bonds. The van der Waals surface area contributed by atoms with Crippen LogP contribution in [0.3, 0.4) is 0 Å². The molecule has 0 unspecified atom stereocenters. The molecule has 136 valence electrons. The monoisotopic (exact) mass is 382 g/mol. The molecule has 0 bridgehead atoms. The first-order valence-electron chi connectivity index (χ1n) is 7.94. The van der Waals surface area contributed by atoms with E-state index < -0.39 is 0 Å². The van der Waals surface area contributed by atoms with Crippen LogP contribution in [0.15, 0.2) is 10.3 Å². The van der Waals surface area contributed by atoms with Gasteiger partial charge in [-0.2, -0.15) is 0 Å². The van der Waals surface area contributed by atoms with Crippen molar-refractivity contribution in [2.24, 2.45) is 0 Å². The molecule has 2 aromatic heterocycles. The van der Waals surface area contributed by atoms with Crippen molar-refractivity contribution in [1.82, 2.24) is 50.2 Å². The van der Waals surface area contributed by atoms with Crippen molar-refractivity contribution < 1.29 is 0 Å². The molecule has 0 saturated carbocycles. The standard InChI is InChI=1S/C13H22N10S2/c1-5-20(4)8-10-22-12(14-16-18-22)24-25-13-15-17-19-23(13)11-9-21(6-2)7-3/h2H,5,7-11H2,1,3-4H3. The molecule has 0 atom stereocenters. The fourth-order valence-electron chi connectivity index (χ4n) is 1.82. The van der Waals surface area contributed by atoms with Crippen LogP contribution in [0.4, 0.5) is 0 Å². The molecule has 2 aromatic rings. The minimum absolute atomic E-state index is 0.625. The summed E-state index contributed by atoms with van der Waals surface area (Å²) < 4.78 is 3.52. The van der Waals surface area contributed by atoms with Crippen molar-refractivity contribution in [3.63, 3.8) is 0 Å². The first kappa shape index (κ1) is 19.5. The number of nitrogens with zero attached hydrogens (tertiary/aromatic N) is 10. The minimum atomic E-state index is 0.625. The molecule has 0 saturated heterocycles. The zero-order valence-electron chi connectivity index (χ0n) is 14.6. The smallest absolute Gasteiger partial charge is 0.220 e. The van der Waals surface area contributed by atoms with Crippen molar-refractivity contribution in [2.75, 3.05) is 33.2 Å². The van der Waals surface area contributed by atoms with Gasteiger partial charge in [0.15, 0.2) is 0 Å². The van der Waals surface area contributed by atoms with Crippen LogP contribution in [0.25, 0.3) is 0 Å². The van der Waals surface area contributed by atoms with E-state index in [9.17, 15) is 0 Å². The van der Waals surface area contributed by atoms with E-state index >= 15 is 0 Å². The summed E-state index contributed by atoms with van der Waals surface area (Å²) in [5.74, 6) is 0. The Morgan fingerprint density at radius 3 is 2.00 bits per heavy atom. The van der Waals surface area contributed by atoms with Gasteiger partial charge in [0.1, 0.15) is 0 Å². The van der Waals surface area contributed by atoms with E-state index in [-0.39, 0.29) is 0 Å². The Hall–Kier alpha value is -1.84. The van der Waals surface area contributed by atoms with E-state index in [4.69, 9.17) is 6.42 Å². The second-order valence-corrected chi connectivity index (χ2v) is 7.20. The number of hydrogen-bond donors (Lipinski definition) is 0. The number of aromatic nitrogens is 8. The predicted molar refractivity (Wildman–Crippen MR) is 96.6 cm³/mol. The molecule has 0 aliphatic heterocycles. The number of likely N-dealkylation sites (N-methyl/N-ethyl adjacent to an activating group) is 2. The molecule has 0 aromatic carbocycles. The number of rotatable bonds is 11. The van der Waals surface area contributed by atoms with E-state index in [2.05, 4.69) is 56.0 Å². The summed E-state index contributed by atoms with van der Waals surface area (Å²) in [6.45, 7) is 8.84. The van der Waals surface area contributed by atoms with Gasteiger partial charge in [-0.05, 0) is 63.0 Å². The second kappa shape index (κ2) is 10.2. The van der Waals surface area contributed by atoms with Crippen LogP contribution >= 0.6 is 21.6 Å². The molecule has 0 spiro atoms. The van der Waals surface area contributed by atoms with E-state index in [1.165, 1.54) is 21.6 Å². The number of hydrogen-bond acceptors (Lipinski definition) is 10. The lowest BCUT2D eigenvalue weighted by Gasteiger charge is -2.14. The van der Waals surface area contributed by atoms with Crippen LogP contribution in [0.5, 0.6) is 0 Å². The summed E-state index contributed by atoms with van der Waals surface area (Å²) >= 11 is 0. The fourth-order valence-corrected chi connectivity index (χ4v) is 3.70. The molecular formula is C13H22N10S2. The van der Waals surface area contributed by atoms with Crippen molar-refractivity contribution in [3.05, 3.63) is 0 Å². The van der Waals surface area contributed by atoms with Crippen LogP contribution in [0, 0.1) is 12.5 Å². The Labute approximate surface area is 155 Å². The highest BCUT2D eigenvalue weighted by Gasteiger charge is 2.13. The van der Waals surface area contributed by atoms with Gasteiger partial charge in [0.05, 0.1) is 13.1 Å². The Morgan fingerprint density at radius 1 is 0.960 bits per heavy atom. The van der Waals surface area contributed by atoms with Gasteiger partial charge in [0.25, 0.3) is 0 Å². The predicted octanol–water partition coefficient (Wildman–Crippen LogP) is 0.323. The molecule has 12 heteroatoms. The van der Waals surface area contributed by atoms with Crippen LogP contribution in [-0.2, 0) is 13.1 Å². The summed E-state index contributed by atoms with van der Waals surface area (Å²) in [7, 11) is 4.93. The van der Waals surface area contributed by atoms with Gasteiger partial charge in [0.2, 0.25) is 10.3 Å². The van der Waals surface area contributed by atoms with Crippen LogP contribution in [0.1, 0.15) is 13.8 Å². The highest BCUT2D eigenvalue weighted by molar-refractivity contribution is 8.76. The van der Waals surface area contributed by atoms with Gasteiger partial charge >= 0.3 is 0 Å². The van der Waals surface area contributed by atoms with E-state index in [1.807, 2.05) is 11.8 Å². The molecule has 10 nitrogen and oxygen atoms in total. The van der Waals surface area contributed by atoms with Gasteiger partial charge < -0.3 is 9.80 Å². The molecule has 0 fully saturated rings. The molecule has 0 aliphatic carbocycles. The van der Waals surface area contributed by atoms with Crippen LogP contribution in [0.2, 0.25) is 0 Å². The first-order valence-corrected chi connectivity index (χ1v) is 10.1. The molecule has 0 radical (unpaired) electrons. The lowest BCUT2D eigenvalue weighted by Crippen LogP contribution is -2.23. The third-order valence-electron chi connectivity index (χ3n) is 3.57. The van der Waals surface area contributed by atoms with Crippen molar-refractivity contribution in [3.8, 4) is 12.5 Å². The van der Waals surface area contributed by atoms with Gasteiger partial charge in [-0.15, -0.1) is 10.2 Å². The van der Waals surface area contributed by atoms with Crippen molar-refractivity contribution in [1.29, 1.82) is 0 Å². The average Bonchev–Trinajstić information content (AvgIpc) is 3.27. The molecular weight excluding hydrogens is 360 g/mol. The van der Waals surface area contributed by atoms with Gasteiger partial charge in [-0.3, -0.25) is 0 Å². The van der Waals surface area contributed by atoms with Crippen LogP contribution < -0.4 is 0 Å². The Balaban J connectivity index is 1.89. The molecule has 0 N–H and O–H groups in total. The van der Waals surface area contributed by atoms with Crippen molar-refractivity contribution in [2.45, 2.75) is 37.2 Å². The maximum atomic E-state index is 5.44. The lowest BCUT2D eigenvalue weighted by atomic mass is 10.5. The van der Waals surface area contributed by atoms with Gasteiger partial charge in [0, 0.05) is 25.7 Å². The lowest BCUT2D eigenvalue weighted by molar-refractivity contribution is 0.320. The highest BCUT2D eigenvalue weighted by Crippen LogP contribution is 2.34. The quantitative estimate of drug-likeness (QED) is 0.307. The topological polar surface area (TPSA) is 93.7 Å². The maximum absolute atomic E-state index is 5.44. The second-order valence-electron chi connectivity index (χ2n) is 5.14. The zero-order chi connectivity index (χ0) is 18.1. The first-order chi connectivity index (χ1) is 12.2. The summed E-state index contributed by atoms with van der Waals surface area (Å²) in [6.07, 6.45) is 5.44. The fraction of sp³-hybridized carbons (Fsp3) is 0.692. The maximum Gasteiger partial charge on any atom is 0.220 e. The van der Waals surface area contributed by atoms with Gasteiger partial charge in [-0.1, -0.05) is 13.3 Å². The van der Waals surface area contributed by atoms with E-state index in [0.717, 1.165) is 31.3 Å². The third kappa shape index (κ3) is 5.87. The zero-order valence-corrected chi connectivity index (χ0v) is 16.2. The highest BCUT2D eigenvalue weighted by atomic mass is 33.1. The normalized spacial score (nSPS) is 11.0. The summed E-state index contributed by atoms with van der Waals surface area (Å²) in [4.78, 5) is 4.07. The van der Waals surface area contributed by atoms with Gasteiger partial charge in [-0.25, -0.2) is 9.36 Å². The average molecular weight is 383 g/mol. The Kier molecular flexibility index (Phi) is 7.96. The third-order valence-corrected chi connectivity index (χ3v) is 5.68. The van der Waals surface area contributed by atoms with Crippen molar-refractivity contribution >= 4 is 21.6 Å². The summed E-state index contributed by atoms with van der Waals surface area (Å²) in [6, 6.07) is 2.63. The molecule has 25 heavy (non-hydrogen) atoms. The largest absolute Gasteiger partial charge is 0.331 e. The summed E-state index contributed by atoms with van der Waals surface area (Å²) in [5.41, 5.74) is 0.